The van der Waals surface area contributed by atoms with Crippen molar-refractivity contribution in [2.75, 3.05) is 43.5 Å². The predicted octanol–water partition coefficient (Wildman–Crippen LogP) is 3.79. The Kier molecular flexibility index (Phi) is 7.44. The number of rotatable bonds is 6. The fraction of sp³-hybridized carbons (Fsp3) is 0.364. The fourth-order valence-electron chi connectivity index (χ4n) is 3.27. The van der Waals surface area contributed by atoms with Crippen LogP contribution in [0.15, 0.2) is 42.5 Å². The van der Waals surface area contributed by atoms with Crippen LogP contribution in [0.2, 0.25) is 0 Å². The Bertz CT molecular complexity index is 919. The smallest absolute Gasteiger partial charge is 0.253 e. The van der Waals surface area contributed by atoms with E-state index in [1.165, 1.54) is 6.07 Å². The van der Waals surface area contributed by atoms with Crippen molar-refractivity contribution in [1.82, 2.24) is 9.80 Å². The Labute approximate surface area is 179 Å². The van der Waals surface area contributed by atoms with E-state index in [-0.39, 0.29) is 24.4 Å². The third-order valence-corrected chi connectivity index (χ3v) is 6.11. The number of likely N-dealkylation sites (N-methyl/N-ethyl adjacent to an activating group) is 1. The molecule has 0 saturated carbocycles. The van der Waals surface area contributed by atoms with Gasteiger partial charge in [-0.3, -0.25) is 14.5 Å². The molecule has 160 valence electrons. The summed E-state index contributed by atoms with van der Waals surface area (Å²) >= 11 is 1.84. The van der Waals surface area contributed by atoms with Gasteiger partial charge in [-0.05, 0) is 49.9 Å². The molecule has 0 aromatic heterocycles. The van der Waals surface area contributed by atoms with Crippen LogP contribution in [0, 0.1) is 11.6 Å². The summed E-state index contributed by atoms with van der Waals surface area (Å²) in [5, 5.41) is 2.81. The molecule has 1 aliphatic rings. The van der Waals surface area contributed by atoms with Crippen molar-refractivity contribution < 1.29 is 18.4 Å². The number of hydrogen-bond donors (Lipinski definition) is 1. The molecular formula is C22H25F2N3O2S. The second kappa shape index (κ2) is 10.0. The fourth-order valence-corrected chi connectivity index (χ4v) is 4.17. The zero-order valence-electron chi connectivity index (χ0n) is 17.0. The quantitative estimate of drug-likeness (QED) is 0.753. The number of benzene rings is 2. The molecule has 1 atom stereocenters. The molecule has 3 rings (SSSR count). The van der Waals surface area contributed by atoms with Gasteiger partial charge < -0.3 is 10.2 Å². The number of carbonyl (C=O) groups excluding carboxylic acids is 2. The molecule has 1 heterocycles. The highest BCUT2D eigenvalue weighted by atomic mass is 32.2. The average Bonchev–Trinajstić information content (AvgIpc) is 2.75. The molecule has 5 nitrogen and oxygen atoms in total. The Hall–Kier alpha value is -2.45. The molecule has 0 aliphatic carbocycles. The molecule has 0 spiro atoms. The van der Waals surface area contributed by atoms with Gasteiger partial charge in [0, 0.05) is 41.9 Å². The summed E-state index contributed by atoms with van der Waals surface area (Å²) in [4.78, 5) is 28.7. The molecule has 1 unspecified atom stereocenters. The van der Waals surface area contributed by atoms with Gasteiger partial charge in [0.2, 0.25) is 5.91 Å². The lowest BCUT2D eigenvalue weighted by Crippen LogP contribution is -2.37. The van der Waals surface area contributed by atoms with Crippen LogP contribution in [-0.4, -0.2) is 59.8 Å². The lowest BCUT2D eigenvalue weighted by molar-refractivity contribution is -0.117. The van der Waals surface area contributed by atoms with Crippen molar-refractivity contribution >= 4 is 29.3 Å². The third kappa shape index (κ3) is 5.58. The van der Waals surface area contributed by atoms with Crippen LogP contribution in [0.5, 0.6) is 0 Å². The van der Waals surface area contributed by atoms with Gasteiger partial charge in [-0.2, -0.15) is 11.8 Å². The van der Waals surface area contributed by atoms with Gasteiger partial charge in [-0.1, -0.05) is 12.1 Å². The topological polar surface area (TPSA) is 52.7 Å². The second-order valence-electron chi connectivity index (χ2n) is 7.30. The van der Waals surface area contributed by atoms with Crippen molar-refractivity contribution in [3.63, 3.8) is 0 Å². The highest BCUT2D eigenvalue weighted by Gasteiger charge is 2.20. The molecule has 8 heteroatoms. The lowest BCUT2D eigenvalue weighted by Gasteiger charge is -2.26. The van der Waals surface area contributed by atoms with Crippen LogP contribution in [0.3, 0.4) is 0 Å². The first kappa shape index (κ1) is 22.2. The first-order valence-corrected chi connectivity index (χ1v) is 10.9. The second-order valence-corrected chi connectivity index (χ2v) is 8.52. The number of amides is 2. The SMILES string of the molecule is CC(c1ccc(F)c(F)c1)N(C)CC(=O)Nc1cccc(C(=O)N2CCSCC2)c1. The maximum Gasteiger partial charge on any atom is 0.253 e. The van der Waals surface area contributed by atoms with Gasteiger partial charge in [-0.15, -0.1) is 0 Å². The van der Waals surface area contributed by atoms with Gasteiger partial charge in [0.05, 0.1) is 6.54 Å². The summed E-state index contributed by atoms with van der Waals surface area (Å²) < 4.78 is 26.6. The number of nitrogens with one attached hydrogen (secondary N) is 1. The largest absolute Gasteiger partial charge is 0.337 e. The molecule has 1 aliphatic heterocycles. The molecule has 2 aromatic rings. The molecule has 0 radical (unpaired) electrons. The number of anilines is 1. The summed E-state index contributed by atoms with van der Waals surface area (Å²) in [5.41, 5.74) is 1.67. The van der Waals surface area contributed by atoms with Crippen molar-refractivity contribution in [2.45, 2.75) is 13.0 Å². The van der Waals surface area contributed by atoms with Gasteiger partial charge in [0.25, 0.3) is 5.91 Å². The Morgan fingerprint density at radius 1 is 1.13 bits per heavy atom. The standard InChI is InChI=1S/C22H25F2N3O2S/c1-15(16-6-7-19(23)20(24)13-16)26(2)14-21(28)25-18-5-3-4-17(12-18)22(29)27-8-10-30-11-9-27/h3-7,12-13,15H,8-11,14H2,1-2H3,(H,25,28). The number of thioether (sulfide) groups is 1. The van der Waals surface area contributed by atoms with Gasteiger partial charge in [-0.25, -0.2) is 8.78 Å². The molecular weight excluding hydrogens is 408 g/mol. The first-order chi connectivity index (χ1) is 14.3. The van der Waals surface area contributed by atoms with E-state index in [4.69, 9.17) is 0 Å². The highest BCUT2D eigenvalue weighted by molar-refractivity contribution is 7.99. The molecule has 1 fully saturated rings. The minimum Gasteiger partial charge on any atom is -0.337 e. The van der Waals surface area contributed by atoms with Crippen LogP contribution in [0.1, 0.15) is 28.9 Å². The number of halogens is 2. The monoisotopic (exact) mass is 433 g/mol. The summed E-state index contributed by atoms with van der Waals surface area (Å²) in [5.74, 6) is -0.230. The van der Waals surface area contributed by atoms with E-state index in [1.54, 1.807) is 36.2 Å². The van der Waals surface area contributed by atoms with Crippen LogP contribution >= 0.6 is 11.8 Å². The number of hydrogen-bond acceptors (Lipinski definition) is 4. The lowest BCUT2D eigenvalue weighted by atomic mass is 10.1. The third-order valence-electron chi connectivity index (χ3n) is 5.17. The van der Waals surface area contributed by atoms with Crippen LogP contribution in [0.25, 0.3) is 0 Å². The van der Waals surface area contributed by atoms with E-state index in [9.17, 15) is 18.4 Å². The maximum absolute atomic E-state index is 13.5. The Morgan fingerprint density at radius 2 is 1.87 bits per heavy atom. The Balaban J connectivity index is 1.60. The Morgan fingerprint density at radius 3 is 2.57 bits per heavy atom. The molecule has 2 amide bonds. The van der Waals surface area contributed by atoms with Gasteiger partial charge in [0.15, 0.2) is 11.6 Å². The molecule has 1 saturated heterocycles. The van der Waals surface area contributed by atoms with Crippen molar-refractivity contribution in [3.05, 3.63) is 65.2 Å². The van der Waals surface area contributed by atoms with E-state index in [0.717, 1.165) is 36.7 Å². The van der Waals surface area contributed by atoms with Crippen LogP contribution in [-0.2, 0) is 4.79 Å². The van der Waals surface area contributed by atoms with Crippen LogP contribution in [0.4, 0.5) is 14.5 Å². The zero-order chi connectivity index (χ0) is 21.7. The van der Waals surface area contributed by atoms with E-state index in [1.807, 2.05) is 23.6 Å². The van der Waals surface area contributed by atoms with Gasteiger partial charge in [0.1, 0.15) is 0 Å². The molecule has 30 heavy (non-hydrogen) atoms. The number of nitrogens with zero attached hydrogens (tertiary/aromatic N) is 2. The maximum atomic E-state index is 13.5. The summed E-state index contributed by atoms with van der Waals surface area (Å²) in [6.45, 7) is 3.33. The minimum atomic E-state index is -0.911. The predicted molar refractivity (Wildman–Crippen MR) is 116 cm³/mol. The highest BCUT2D eigenvalue weighted by Crippen LogP contribution is 2.21. The summed E-state index contributed by atoms with van der Waals surface area (Å²) in [6.07, 6.45) is 0. The molecule has 0 bridgehead atoms. The van der Waals surface area contributed by atoms with E-state index < -0.39 is 11.6 Å². The summed E-state index contributed by atoms with van der Waals surface area (Å²) in [6, 6.07) is 10.4. The van der Waals surface area contributed by atoms with Gasteiger partial charge >= 0.3 is 0 Å². The van der Waals surface area contributed by atoms with E-state index >= 15 is 0 Å². The normalized spacial score (nSPS) is 15.2. The van der Waals surface area contributed by atoms with E-state index in [0.29, 0.717) is 16.8 Å². The summed E-state index contributed by atoms with van der Waals surface area (Å²) in [7, 11) is 1.74. The minimum absolute atomic E-state index is 0.0320. The zero-order valence-corrected chi connectivity index (χ0v) is 17.8. The molecule has 2 aromatic carbocycles. The van der Waals surface area contributed by atoms with E-state index in [2.05, 4.69) is 5.32 Å². The first-order valence-electron chi connectivity index (χ1n) is 9.77. The van der Waals surface area contributed by atoms with Crippen molar-refractivity contribution in [2.24, 2.45) is 0 Å². The van der Waals surface area contributed by atoms with Crippen molar-refractivity contribution in [1.29, 1.82) is 0 Å². The van der Waals surface area contributed by atoms with Crippen LogP contribution < -0.4 is 5.32 Å². The molecule has 1 N–H and O–H groups in total. The average molecular weight is 434 g/mol. The number of carbonyl (C=O) groups is 2. The van der Waals surface area contributed by atoms with Crippen molar-refractivity contribution in [3.8, 4) is 0 Å².